The van der Waals surface area contributed by atoms with Crippen LogP contribution >= 0.6 is 31.9 Å². The number of aryl methyl sites for hydroxylation is 1. The van der Waals surface area contributed by atoms with Crippen LogP contribution in [0.3, 0.4) is 0 Å². The number of fused-ring (bicyclic) bond motifs is 1. The van der Waals surface area contributed by atoms with Crippen molar-refractivity contribution in [2.24, 2.45) is 0 Å². The summed E-state index contributed by atoms with van der Waals surface area (Å²) in [6, 6.07) is 22.6. The predicted octanol–water partition coefficient (Wildman–Crippen LogP) is 6.46. The van der Waals surface area contributed by atoms with Crippen LogP contribution in [0.25, 0.3) is 0 Å². The first-order valence-corrected chi connectivity index (χ1v) is 11.7. The number of para-hydroxylation sites is 1. The maximum atomic E-state index is 12.5. The summed E-state index contributed by atoms with van der Waals surface area (Å²) in [7, 11) is 0. The van der Waals surface area contributed by atoms with Gasteiger partial charge in [0.25, 0.3) is 5.91 Å². The fraction of sp³-hybridized carbons (Fsp3) is 0.240. The second-order valence-corrected chi connectivity index (χ2v) is 10.0. The number of benzene rings is 3. The summed E-state index contributed by atoms with van der Waals surface area (Å²) in [6.45, 7) is 1.99. The third-order valence-corrected chi connectivity index (χ3v) is 8.14. The van der Waals surface area contributed by atoms with Gasteiger partial charge in [0, 0.05) is 20.9 Å². The third-order valence-electron chi connectivity index (χ3n) is 5.51. The first-order chi connectivity index (χ1) is 14.0. The number of carbonyl (C=O) groups is 1. The highest BCUT2D eigenvalue weighted by Gasteiger charge is 2.24. The van der Waals surface area contributed by atoms with Crippen LogP contribution in [0.5, 0.6) is 0 Å². The van der Waals surface area contributed by atoms with Gasteiger partial charge in [-0.25, -0.2) is 0 Å². The van der Waals surface area contributed by atoms with Crippen molar-refractivity contribution < 1.29 is 4.79 Å². The molecular weight excluding hydrogens is 490 g/mol. The molecule has 0 aliphatic heterocycles. The number of rotatable bonds is 4. The highest BCUT2D eigenvalue weighted by molar-refractivity contribution is 9.12. The molecule has 0 heterocycles. The van der Waals surface area contributed by atoms with E-state index in [1.807, 2.05) is 55.5 Å². The molecule has 0 fully saturated rings. The number of halogens is 2. The number of carbonyl (C=O) groups excluding carboxylic acids is 1. The van der Waals surface area contributed by atoms with E-state index < -0.39 is 0 Å². The van der Waals surface area contributed by atoms with E-state index in [-0.39, 0.29) is 5.91 Å². The number of nitrogens with one attached hydrogen (secondary N) is 1. The lowest BCUT2D eigenvalue weighted by Crippen LogP contribution is -2.25. The number of amides is 1. The zero-order valence-electron chi connectivity index (χ0n) is 16.3. The minimum atomic E-state index is -0.0766. The van der Waals surface area contributed by atoms with Gasteiger partial charge in [-0.1, -0.05) is 80.4 Å². The smallest absolute Gasteiger partial charge is 0.255 e. The van der Waals surface area contributed by atoms with Gasteiger partial charge in [-0.2, -0.15) is 0 Å². The monoisotopic (exact) mass is 511 g/mol. The first kappa shape index (κ1) is 20.4. The van der Waals surface area contributed by atoms with Crippen molar-refractivity contribution in [1.29, 1.82) is 0 Å². The van der Waals surface area contributed by atoms with Gasteiger partial charge in [-0.05, 0) is 72.2 Å². The molecule has 0 radical (unpaired) electrons. The van der Waals surface area contributed by atoms with Crippen LogP contribution in [0.15, 0.2) is 66.7 Å². The molecule has 2 atom stereocenters. The summed E-state index contributed by atoms with van der Waals surface area (Å²) >= 11 is 7.54. The second kappa shape index (κ2) is 8.85. The quantitative estimate of drug-likeness (QED) is 0.399. The maximum Gasteiger partial charge on any atom is 0.255 e. The largest absolute Gasteiger partial charge is 0.322 e. The minimum absolute atomic E-state index is 0.0766. The van der Waals surface area contributed by atoms with Crippen molar-refractivity contribution in [1.82, 2.24) is 0 Å². The molecule has 1 aliphatic rings. The summed E-state index contributed by atoms with van der Waals surface area (Å²) in [6.07, 6.45) is 2.99. The lowest BCUT2D eigenvalue weighted by atomic mass is 9.89. The Morgan fingerprint density at radius 3 is 2.28 bits per heavy atom. The molecule has 2 nitrogen and oxygen atoms in total. The van der Waals surface area contributed by atoms with Crippen molar-refractivity contribution >= 4 is 43.5 Å². The van der Waals surface area contributed by atoms with Gasteiger partial charge in [0.15, 0.2) is 0 Å². The molecule has 1 amide bonds. The van der Waals surface area contributed by atoms with Gasteiger partial charge in [-0.3, -0.25) is 4.79 Å². The zero-order valence-corrected chi connectivity index (χ0v) is 19.5. The van der Waals surface area contributed by atoms with E-state index in [4.69, 9.17) is 0 Å². The molecule has 3 aromatic rings. The van der Waals surface area contributed by atoms with Gasteiger partial charge in [0.2, 0.25) is 0 Å². The molecule has 0 bridgehead atoms. The molecule has 0 spiro atoms. The van der Waals surface area contributed by atoms with Gasteiger partial charge in [-0.15, -0.1) is 0 Å². The highest BCUT2D eigenvalue weighted by atomic mass is 79.9. The molecule has 148 valence electrons. The molecule has 29 heavy (non-hydrogen) atoms. The number of hydrogen-bond acceptors (Lipinski definition) is 1. The Morgan fingerprint density at radius 1 is 0.897 bits per heavy atom. The first-order valence-electron chi connectivity index (χ1n) is 9.84. The molecule has 3 aromatic carbocycles. The lowest BCUT2D eigenvalue weighted by Gasteiger charge is -2.26. The Bertz CT molecular complexity index is 1030. The van der Waals surface area contributed by atoms with E-state index >= 15 is 0 Å². The van der Waals surface area contributed by atoms with Crippen LogP contribution < -0.4 is 5.32 Å². The Hall–Kier alpha value is -1.91. The van der Waals surface area contributed by atoms with Gasteiger partial charge in [0.05, 0.1) is 0 Å². The predicted molar refractivity (Wildman–Crippen MR) is 128 cm³/mol. The summed E-state index contributed by atoms with van der Waals surface area (Å²) < 4.78 is 0. The van der Waals surface area contributed by atoms with E-state index in [0.29, 0.717) is 15.2 Å². The Balaban J connectivity index is 1.44. The second-order valence-electron chi connectivity index (χ2n) is 7.69. The van der Waals surface area contributed by atoms with Crippen molar-refractivity contribution in [2.45, 2.75) is 35.8 Å². The van der Waals surface area contributed by atoms with Crippen molar-refractivity contribution in [3.63, 3.8) is 0 Å². The van der Waals surface area contributed by atoms with Crippen LogP contribution in [0, 0.1) is 6.92 Å². The fourth-order valence-electron chi connectivity index (χ4n) is 3.77. The third kappa shape index (κ3) is 4.81. The Morgan fingerprint density at radius 2 is 1.55 bits per heavy atom. The van der Waals surface area contributed by atoms with Crippen molar-refractivity contribution in [3.05, 3.63) is 100 Å². The molecule has 0 aromatic heterocycles. The SMILES string of the molecule is Cc1ccccc1NC(=O)c1ccc(Cc2ccc3c(c2)CC(Br)C(Br)C3)cc1. The molecule has 4 rings (SSSR count). The van der Waals surface area contributed by atoms with Crippen molar-refractivity contribution in [2.75, 3.05) is 5.32 Å². The summed E-state index contributed by atoms with van der Waals surface area (Å²) in [4.78, 5) is 13.5. The molecule has 2 unspecified atom stereocenters. The van der Waals surface area contributed by atoms with Crippen LogP contribution in [0.2, 0.25) is 0 Å². The lowest BCUT2D eigenvalue weighted by molar-refractivity contribution is 0.102. The zero-order chi connectivity index (χ0) is 20.4. The standard InChI is InChI=1S/C25H23Br2NO/c1-16-4-2-3-5-24(16)28-25(29)19-9-6-17(7-10-19)12-18-8-11-20-14-22(26)23(27)15-21(20)13-18/h2-11,13,22-23H,12,14-15H2,1H3,(H,28,29). The normalized spacial score (nSPS) is 18.2. The fourth-order valence-corrected chi connectivity index (χ4v) is 4.84. The molecular formula is C25H23Br2NO. The summed E-state index contributed by atoms with van der Waals surface area (Å²) in [5, 5.41) is 2.99. The average Bonchev–Trinajstić information content (AvgIpc) is 2.71. The van der Waals surface area contributed by atoms with Gasteiger partial charge in [0.1, 0.15) is 0 Å². The topological polar surface area (TPSA) is 29.1 Å². The minimum Gasteiger partial charge on any atom is -0.322 e. The van der Waals surface area contributed by atoms with E-state index in [1.54, 1.807) is 0 Å². The summed E-state index contributed by atoms with van der Waals surface area (Å²) in [5.41, 5.74) is 7.99. The average molecular weight is 513 g/mol. The number of hydrogen-bond donors (Lipinski definition) is 1. The van der Waals surface area contributed by atoms with Crippen LogP contribution in [-0.2, 0) is 19.3 Å². The van der Waals surface area contributed by atoms with E-state index in [0.717, 1.165) is 30.5 Å². The number of anilines is 1. The van der Waals surface area contributed by atoms with Crippen LogP contribution in [0.4, 0.5) is 5.69 Å². The van der Waals surface area contributed by atoms with Gasteiger partial charge >= 0.3 is 0 Å². The van der Waals surface area contributed by atoms with Crippen molar-refractivity contribution in [3.8, 4) is 0 Å². The molecule has 0 saturated carbocycles. The van der Waals surface area contributed by atoms with E-state index in [2.05, 4.69) is 55.4 Å². The molecule has 4 heteroatoms. The molecule has 1 N–H and O–H groups in total. The number of alkyl halides is 2. The molecule has 0 saturated heterocycles. The Kier molecular flexibility index (Phi) is 6.21. The Labute approximate surface area is 189 Å². The van der Waals surface area contributed by atoms with E-state index in [1.165, 1.54) is 22.3 Å². The summed E-state index contributed by atoms with van der Waals surface area (Å²) in [5.74, 6) is -0.0766. The van der Waals surface area contributed by atoms with Crippen LogP contribution in [0.1, 0.15) is 38.2 Å². The highest BCUT2D eigenvalue weighted by Crippen LogP contribution is 2.31. The maximum absolute atomic E-state index is 12.5. The van der Waals surface area contributed by atoms with E-state index in [9.17, 15) is 4.79 Å². The molecule has 1 aliphatic carbocycles. The van der Waals surface area contributed by atoms with Crippen LogP contribution in [-0.4, -0.2) is 15.6 Å². The van der Waals surface area contributed by atoms with Gasteiger partial charge < -0.3 is 5.32 Å².